The first-order chi connectivity index (χ1) is 50.9. The molecular weight excluding hydrogens is 1470 g/mol. The molecule has 4 saturated heterocycles. The number of nitrogens with one attached hydrogen (secondary N) is 1. The zero-order chi connectivity index (χ0) is 77.3. The van der Waals surface area contributed by atoms with Crippen LogP contribution in [0.25, 0.3) is 10.9 Å². The van der Waals surface area contributed by atoms with Gasteiger partial charge in [0.15, 0.2) is 0 Å². The maximum absolute atomic E-state index is 13.1. The lowest BCUT2D eigenvalue weighted by atomic mass is 9.81. The molecule has 0 aliphatic carbocycles. The van der Waals surface area contributed by atoms with E-state index in [1.807, 2.05) is 68.4 Å². The molecule has 33 heteroatoms. The van der Waals surface area contributed by atoms with Crippen LogP contribution in [0.4, 0.5) is 47.1 Å². The van der Waals surface area contributed by atoms with E-state index in [2.05, 4.69) is 87.2 Å². The number of pyridine rings is 3. The van der Waals surface area contributed by atoms with E-state index in [1.54, 1.807) is 71.6 Å². The molecule has 2 aromatic carbocycles. The number of rotatable bonds is 16. The van der Waals surface area contributed by atoms with E-state index in [1.165, 1.54) is 47.0 Å². The third kappa shape index (κ3) is 19.1. The van der Waals surface area contributed by atoms with Crippen LogP contribution in [0.3, 0.4) is 0 Å². The summed E-state index contributed by atoms with van der Waals surface area (Å²) in [6.45, 7) is 21.8. The van der Waals surface area contributed by atoms with Gasteiger partial charge in [0.25, 0.3) is 22.2 Å². The van der Waals surface area contributed by atoms with Gasteiger partial charge in [-0.25, -0.2) is 0 Å². The fourth-order valence-corrected chi connectivity index (χ4v) is 17.0. The molecule has 0 unspecified atom stereocenters. The summed E-state index contributed by atoms with van der Waals surface area (Å²) in [6, 6.07) is 22.5. The van der Waals surface area contributed by atoms with Crippen LogP contribution in [-0.2, 0) is 21.1 Å². The average Bonchev–Trinajstić information content (AvgIpc) is 0.793. The molecule has 0 spiro atoms. The number of hydrogen-bond acceptors (Lipinski definition) is 27. The Bertz CT molecular complexity index is 4890. The van der Waals surface area contributed by atoms with E-state index in [0.717, 1.165) is 141 Å². The summed E-state index contributed by atoms with van der Waals surface area (Å²) in [7, 11) is 5.22. The molecule has 0 bridgehead atoms. The first-order valence-electron chi connectivity index (χ1n) is 35.6. The van der Waals surface area contributed by atoms with Crippen molar-refractivity contribution in [3.05, 3.63) is 154 Å². The number of anilines is 8. The van der Waals surface area contributed by atoms with Gasteiger partial charge in [-0.05, 0) is 168 Å². The van der Waals surface area contributed by atoms with Crippen LogP contribution in [-0.4, -0.2) is 132 Å². The van der Waals surface area contributed by atoms with Crippen molar-refractivity contribution in [3.8, 4) is 0 Å². The van der Waals surface area contributed by atoms with E-state index in [9.17, 15) is 19.2 Å². The van der Waals surface area contributed by atoms with E-state index in [4.69, 9.17) is 69.1 Å². The molecule has 107 heavy (non-hydrogen) atoms. The SMILES string of the molecule is Cc1ncccc1Sc1c(N)nc(N2CCC(C)(CN)CC2)[nH]c1=O.Cc1ncccc1Sc1c(N)nc(N2CCC(C)(CN)CC2)n(C)c1=O.Cn1c(N2CCC(C)(CN)CC2)nc(N)c(Sc2cccc(Cl)c2Cl)c1=O.Cn1c(N2CCC(C)(CN)CC2)nc(N)c(Sc2cccc3ncccc23)c1=O. The highest BCUT2D eigenvalue weighted by Crippen LogP contribution is 2.41. The number of aromatic amines is 1. The van der Waals surface area contributed by atoms with E-state index in [-0.39, 0.29) is 67.2 Å². The van der Waals surface area contributed by atoms with Gasteiger partial charge in [0, 0.05) is 117 Å². The molecule has 0 radical (unpaired) electrons. The Balaban J connectivity index is 0.000000153. The van der Waals surface area contributed by atoms with E-state index >= 15 is 0 Å². The second-order valence-electron chi connectivity index (χ2n) is 29.0. The van der Waals surface area contributed by atoms with Crippen molar-refractivity contribution in [3.63, 3.8) is 0 Å². The monoisotopic (exact) mass is 1570 g/mol. The summed E-state index contributed by atoms with van der Waals surface area (Å²) in [4.78, 5) is 98.8. The maximum Gasteiger partial charge on any atom is 0.270 e. The fourth-order valence-electron chi connectivity index (χ4n) is 12.7. The average molecular weight is 1570 g/mol. The summed E-state index contributed by atoms with van der Waals surface area (Å²) in [6.07, 6.45) is 13.0. The van der Waals surface area contributed by atoms with Crippen LogP contribution in [0, 0.1) is 35.5 Å². The number of nitrogens with zero attached hydrogens (tertiary/aromatic N) is 14. The number of nitrogens with two attached hydrogens (primary N) is 8. The lowest BCUT2D eigenvalue weighted by Crippen LogP contribution is -2.44. The topological polar surface area (TPSA) is 410 Å². The summed E-state index contributed by atoms with van der Waals surface area (Å²) in [5, 5.41) is 1.81. The molecule has 0 saturated carbocycles. The number of nitrogen functional groups attached to an aromatic ring is 4. The van der Waals surface area contributed by atoms with Gasteiger partial charge in [0.2, 0.25) is 23.8 Å². The number of aromatic nitrogens is 11. The quantitative estimate of drug-likeness (QED) is 0.0434. The normalized spacial score (nSPS) is 16.6. The molecular formula is C74H99Cl2N23O4S4. The summed E-state index contributed by atoms with van der Waals surface area (Å²) in [5.41, 5.74) is 50.7. The lowest BCUT2D eigenvalue weighted by molar-refractivity contribution is 0.256. The number of hydrogen-bond donors (Lipinski definition) is 9. The Morgan fingerprint density at radius 3 is 1.14 bits per heavy atom. The van der Waals surface area contributed by atoms with Crippen molar-refractivity contribution in [2.24, 2.45) is 65.7 Å². The molecule has 11 heterocycles. The van der Waals surface area contributed by atoms with Gasteiger partial charge < -0.3 is 65.5 Å². The second kappa shape index (κ2) is 35.1. The first kappa shape index (κ1) is 81.4. The number of benzene rings is 2. The van der Waals surface area contributed by atoms with Crippen LogP contribution >= 0.6 is 70.2 Å². The highest BCUT2D eigenvalue weighted by Gasteiger charge is 2.35. The van der Waals surface area contributed by atoms with Gasteiger partial charge in [-0.15, -0.1) is 0 Å². The van der Waals surface area contributed by atoms with Gasteiger partial charge in [0.05, 0.1) is 26.9 Å². The molecule has 0 atom stereocenters. The van der Waals surface area contributed by atoms with Crippen LogP contribution in [0.15, 0.2) is 150 Å². The lowest BCUT2D eigenvalue weighted by Gasteiger charge is -2.39. The van der Waals surface area contributed by atoms with Gasteiger partial charge in [0.1, 0.15) is 42.9 Å². The molecule has 27 nitrogen and oxygen atoms in total. The molecule has 17 N–H and O–H groups in total. The smallest absolute Gasteiger partial charge is 0.270 e. The number of fused-ring (bicyclic) bond motifs is 1. The van der Waals surface area contributed by atoms with E-state index < -0.39 is 0 Å². The van der Waals surface area contributed by atoms with Gasteiger partial charge >= 0.3 is 0 Å². The fraction of sp³-hybridized carbons (Fsp3) is 0.446. The minimum Gasteiger partial charge on any atom is -0.382 e. The van der Waals surface area contributed by atoms with Crippen LogP contribution < -0.4 is 87.7 Å². The molecule has 572 valence electrons. The van der Waals surface area contributed by atoms with Crippen molar-refractivity contribution in [1.82, 2.24) is 53.6 Å². The van der Waals surface area contributed by atoms with Crippen LogP contribution in [0.2, 0.25) is 10.0 Å². The summed E-state index contributed by atoms with van der Waals surface area (Å²) < 4.78 is 4.74. The molecule has 0 amide bonds. The zero-order valence-electron chi connectivity index (χ0n) is 62.2. The Labute approximate surface area is 650 Å². The molecule has 9 aromatic rings. The summed E-state index contributed by atoms with van der Waals surface area (Å²) in [5.74, 6) is 3.34. The van der Waals surface area contributed by atoms with Crippen molar-refractivity contribution < 1.29 is 0 Å². The third-order valence-electron chi connectivity index (χ3n) is 20.9. The van der Waals surface area contributed by atoms with Crippen molar-refractivity contribution in [2.45, 2.75) is 132 Å². The van der Waals surface area contributed by atoms with E-state index in [0.29, 0.717) is 84.5 Å². The number of aryl methyl sites for hydroxylation is 2. The minimum absolute atomic E-state index is 0.132. The first-order valence-corrected chi connectivity index (χ1v) is 39.6. The summed E-state index contributed by atoms with van der Waals surface area (Å²) >= 11 is 17.5. The molecule has 7 aromatic heterocycles. The predicted octanol–water partition coefficient (Wildman–Crippen LogP) is 9.57. The maximum atomic E-state index is 13.1. The molecule has 4 aliphatic heterocycles. The number of piperidine rings is 4. The standard InChI is InChI=1S/C21H26N6OS.C18H23Cl2N5OS.C18H26N6OS.C17H24N6OS/c1-21(13-22)8-11-27(12-9-21)20-25-18(23)17(19(28)26(20)2)29-16-7-3-6-15-14(16)5-4-10-24-15;1-18(10-21)6-8-25(9-7-18)17-23-15(22)14(16(26)24(17)2)27-12-5-3-4-11(19)13(12)20;1-12-13(5-4-8-21-12)26-14-15(20)22-17(23(3)16(14)25)24-9-6-18(2,11-19)7-10-24;1-11-12(4-3-7-20-11)25-13-14(19)21-16(22-15(13)24)23-8-5-17(2,10-18)6-9-23/h3-7,10H,8-9,11-13,22-23H2,1-2H3;3-5H,6-10,21-22H2,1-2H3;4-5,8H,6-7,9-11,19-20H2,1-3H3;3-4,7H,5-6,8-10,18H2,1-2H3,(H3,19,21,22,24). The Morgan fingerprint density at radius 2 is 0.748 bits per heavy atom. The highest BCUT2D eigenvalue weighted by molar-refractivity contribution is 8.00. The Kier molecular flexibility index (Phi) is 26.7. The molecule has 4 aliphatic rings. The third-order valence-corrected chi connectivity index (χ3v) is 26.7. The van der Waals surface area contributed by atoms with Gasteiger partial charge in [-0.1, -0.05) is 116 Å². The molecule has 4 fully saturated rings. The molecule has 13 rings (SSSR count). The number of H-pyrrole nitrogens is 1. The zero-order valence-corrected chi connectivity index (χ0v) is 67.0. The highest BCUT2D eigenvalue weighted by atomic mass is 35.5. The Hall–Kier alpha value is -8.11. The Morgan fingerprint density at radius 1 is 0.421 bits per heavy atom. The largest absolute Gasteiger partial charge is 0.382 e. The predicted molar refractivity (Wildman–Crippen MR) is 438 cm³/mol. The minimum atomic E-state index is -0.220. The van der Waals surface area contributed by atoms with Crippen molar-refractivity contribution in [1.29, 1.82) is 0 Å². The van der Waals surface area contributed by atoms with Gasteiger partial charge in [-0.3, -0.25) is 52.8 Å². The van der Waals surface area contributed by atoms with Crippen molar-refractivity contribution >= 4 is 128 Å². The van der Waals surface area contributed by atoms with Crippen LogP contribution in [0.5, 0.6) is 0 Å². The van der Waals surface area contributed by atoms with Crippen molar-refractivity contribution in [2.75, 3.05) is 121 Å². The second-order valence-corrected chi connectivity index (χ2v) is 34.0. The number of halogens is 2. The van der Waals surface area contributed by atoms with Crippen LogP contribution in [0.1, 0.15) is 90.4 Å². The van der Waals surface area contributed by atoms with Gasteiger partial charge in [-0.2, -0.15) is 19.9 Å².